The van der Waals surface area contributed by atoms with E-state index in [9.17, 15) is 4.79 Å². The van der Waals surface area contributed by atoms with Crippen molar-refractivity contribution >= 4 is 22.6 Å². The molecule has 1 aromatic heterocycles. The van der Waals surface area contributed by atoms with Gasteiger partial charge in [0.1, 0.15) is 11.8 Å². The van der Waals surface area contributed by atoms with Crippen molar-refractivity contribution in [2.45, 2.75) is 13.0 Å². The summed E-state index contributed by atoms with van der Waals surface area (Å²) in [5.41, 5.74) is 7.62. The summed E-state index contributed by atoms with van der Waals surface area (Å²) >= 11 is 0. The Morgan fingerprint density at radius 2 is 2.22 bits per heavy atom. The number of methoxy groups -OCH3 is 1. The standard InChI is InChI=1S/C13H16N2O3/c1-8(7-17-2)18-13(16)12-6-9-5-10(14)3-4-11(9)15-12/h3-6,8,15H,7,14H2,1-2H3. The number of anilines is 1. The number of fused-ring (bicyclic) bond motifs is 1. The first-order valence-corrected chi connectivity index (χ1v) is 5.68. The van der Waals surface area contributed by atoms with Crippen LogP contribution in [0, 0.1) is 0 Å². The van der Waals surface area contributed by atoms with Crippen molar-refractivity contribution in [3.8, 4) is 0 Å². The third kappa shape index (κ3) is 2.62. The molecular weight excluding hydrogens is 232 g/mol. The second kappa shape index (κ2) is 5.10. The molecule has 1 unspecified atom stereocenters. The van der Waals surface area contributed by atoms with Crippen LogP contribution in [-0.4, -0.2) is 30.8 Å². The van der Waals surface area contributed by atoms with Crippen molar-refractivity contribution in [1.29, 1.82) is 0 Å². The molecule has 2 rings (SSSR count). The van der Waals surface area contributed by atoms with Gasteiger partial charge in [0.25, 0.3) is 0 Å². The maximum Gasteiger partial charge on any atom is 0.355 e. The lowest BCUT2D eigenvalue weighted by molar-refractivity contribution is 0.0115. The number of carbonyl (C=O) groups excluding carboxylic acids is 1. The van der Waals surface area contributed by atoms with Gasteiger partial charge in [-0.3, -0.25) is 0 Å². The minimum Gasteiger partial charge on any atom is -0.456 e. The SMILES string of the molecule is COCC(C)OC(=O)c1cc2cc(N)ccc2[nH]1. The molecule has 0 aliphatic carbocycles. The van der Waals surface area contributed by atoms with E-state index in [1.807, 2.05) is 6.07 Å². The van der Waals surface area contributed by atoms with Gasteiger partial charge in [-0.1, -0.05) is 0 Å². The molecule has 5 heteroatoms. The fraction of sp³-hybridized carbons (Fsp3) is 0.308. The van der Waals surface area contributed by atoms with Gasteiger partial charge in [-0.25, -0.2) is 4.79 Å². The molecule has 96 valence electrons. The van der Waals surface area contributed by atoms with Crippen LogP contribution in [0.25, 0.3) is 10.9 Å². The predicted octanol–water partition coefficient (Wildman–Crippen LogP) is 1.94. The summed E-state index contributed by atoms with van der Waals surface area (Å²) in [4.78, 5) is 14.8. The maximum absolute atomic E-state index is 11.8. The van der Waals surface area contributed by atoms with Gasteiger partial charge in [-0.05, 0) is 31.2 Å². The predicted molar refractivity (Wildman–Crippen MR) is 69.5 cm³/mol. The summed E-state index contributed by atoms with van der Waals surface area (Å²) in [7, 11) is 1.57. The fourth-order valence-corrected chi connectivity index (χ4v) is 1.78. The Balaban J connectivity index is 2.18. The average molecular weight is 248 g/mol. The number of benzene rings is 1. The van der Waals surface area contributed by atoms with E-state index >= 15 is 0 Å². The Labute approximate surface area is 105 Å². The number of hydrogen-bond acceptors (Lipinski definition) is 4. The third-order valence-electron chi connectivity index (χ3n) is 2.57. The van der Waals surface area contributed by atoms with E-state index in [4.69, 9.17) is 15.2 Å². The van der Waals surface area contributed by atoms with Crippen LogP contribution in [0.2, 0.25) is 0 Å². The first kappa shape index (κ1) is 12.4. The Bertz CT molecular complexity index is 562. The minimum absolute atomic E-state index is 0.279. The zero-order valence-corrected chi connectivity index (χ0v) is 10.4. The molecule has 1 aromatic carbocycles. The van der Waals surface area contributed by atoms with Crippen LogP contribution in [0.15, 0.2) is 24.3 Å². The van der Waals surface area contributed by atoms with E-state index in [1.165, 1.54) is 0 Å². The van der Waals surface area contributed by atoms with E-state index in [0.29, 0.717) is 18.0 Å². The zero-order chi connectivity index (χ0) is 13.1. The maximum atomic E-state index is 11.8. The minimum atomic E-state index is -0.394. The van der Waals surface area contributed by atoms with Crippen LogP contribution in [0.1, 0.15) is 17.4 Å². The van der Waals surface area contributed by atoms with Gasteiger partial charge < -0.3 is 20.2 Å². The van der Waals surface area contributed by atoms with Crippen molar-refractivity contribution in [2.24, 2.45) is 0 Å². The number of H-pyrrole nitrogens is 1. The quantitative estimate of drug-likeness (QED) is 0.640. The Kier molecular flexibility index (Phi) is 3.53. The molecule has 0 aliphatic rings. The largest absolute Gasteiger partial charge is 0.456 e. The number of hydrogen-bond donors (Lipinski definition) is 2. The summed E-state index contributed by atoms with van der Waals surface area (Å²) in [5, 5.41) is 0.890. The van der Waals surface area contributed by atoms with Gasteiger partial charge >= 0.3 is 5.97 Å². The molecule has 3 N–H and O–H groups in total. The smallest absolute Gasteiger partial charge is 0.355 e. The third-order valence-corrected chi connectivity index (χ3v) is 2.57. The molecular formula is C13H16N2O3. The average Bonchev–Trinajstić information content (AvgIpc) is 2.72. The summed E-state index contributed by atoms with van der Waals surface area (Å²) in [6.45, 7) is 2.15. The van der Waals surface area contributed by atoms with E-state index in [2.05, 4.69) is 4.98 Å². The van der Waals surface area contributed by atoms with E-state index < -0.39 is 5.97 Å². The lowest BCUT2D eigenvalue weighted by Crippen LogP contribution is -2.19. The van der Waals surface area contributed by atoms with Crippen LogP contribution in [0.3, 0.4) is 0 Å². The number of esters is 1. The highest BCUT2D eigenvalue weighted by atomic mass is 16.6. The second-order valence-electron chi connectivity index (χ2n) is 4.20. The van der Waals surface area contributed by atoms with Crippen molar-refractivity contribution in [2.75, 3.05) is 19.5 Å². The fourth-order valence-electron chi connectivity index (χ4n) is 1.78. The Morgan fingerprint density at radius 3 is 2.94 bits per heavy atom. The zero-order valence-electron chi connectivity index (χ0n) is 10.4. The van der Waals surface area contributed by atoms with Crippen molar-refractivity contribution in [3.63, 3.8) is 0 Å². The van der Waals surface area contributed by atoms with Gasteiger partial charge in [0.05, 0.1) is 6.61 Å². The highest BCUT2D eigenvalue weighted by molar-refractivity contribution is 5.95. The highest BCUT2D eigenvalue weighted by Gasteiger charge is 2.14. The molecule has 0 saturated carbocycles. The molecule has 0 fully saturated rings. The van der Waals surface area contributed by atoms with Crippen molar-refractivity contribution in [3.05, 3.63) is 30.0 Å². The summed E-state index contributed by atoms with van der Waals surface area (Å²) in [6.07, 6.45) is -0.279. The molecule has 0 amide bonds. The first-order chi connectivity index (χ1) is 8.60. The van der Waals surface area contributed by atoms with Crippen LogP contribution < -0.4 is 5.73 Å². The molecule has 1 atom stereocenters. The lowest BCUT2D eigenvalue weighted by Gasteiger charge is -2.10. The first-order valence-electron chi connectivity index (χ1n) is 5.68. The molecule has 0 spiro atoms. The van der Waals surface area contributed by atoms with Gasteiger partial charge in [0.15, 0.2) is 0 Å². The van der Waals surface area contributed by atoms with Gasteiger partial charge in [0, 0.05) is 23.7 Å². The van der Waals surface area contributed by atoms with Crippen LogP contribution in [-0.2, 0) is 9.47 Å². The van der Waals surface area contributed by atoms with E-state index in [0.717, 1.165) is 10.9 Å². The number of ether oxygens (including phenoxy) is 2. The lowest BCUT2D eigenvalue weighted by atomic mass is 10.2. The van der Waals surface area contributed by atoms with Crippen LogP contribution in [0.4, 0.5) is 5.69 Å². The monoisotopic (exact) mass is 248 g/mol. The van der Waals surface area contributed by atoms with Crippen molar-refractivity contribution in [1.82, 2.24) is 4.98 Å². The normalized spacial score (nSPS) is 12.6. The van der Waals surface area contributed by atoms with Gasteiger partial charge in [-0.15, -0.1) is 0 Å². The Morgan fingerprint density at radius 1 is 1.44 bits per heavy atom. The van der Waals surface area contributed by atoms with E-state index in [-0.39, 0.29) is 6.10 Å². The Hall–Kier alpha value is -2.01. The molecule has 2 aromatic rings. The van der Waals surface area contributed by atoms with Gasteiger partial charge in [-0.2, -0.15) is 0 Å². The van der Waals surface area contributed by atoms with Gasteiger partial charge in [0.2, 0.25) is 0 Å². The number of nitrogens with one attached hydrogen (secondary N) is 1. The number of aromatic amines is 1. The summed E-state index contributed by atoms with van der Waals surface area (Å²) in [5.74, 6) is -0.394. The number of rotatable bonds is 4. The van der Waals surface area contributed by atoms with Crippen LogP contribution >= 0.6 is 0 Å². The number of nitrogen functional groups attached to an aromatic ring is 1. The molecule has 18 heavy (non-hydrogen) atoms. The molecule has 0 saturated heterocycles. The molecule has 0 aliphatic heterocycles. The molecule has 0 radical (unpaired) electrons. The molecule has 1 heterocycles. The second-order valence-corrected chi connectivity index (χ2v) is 4.20. The summed E-state index contributed by atoms with van der Waals surface area (Å²) < 4.78 is 10.1. The highest BCUT2D eigenvalue weighted by Crippen LogP contribution is 2.19. The number of nitrogens with two attached hydrogens (primary N) is 1. The van der Waals surface area contributed by atoms with Crippen molar-refractivity contribution < 1.29 is 14.3 Å². The number of carbonyl (C=O) groups is 1. The topological polar surface area (TPSA) is 77.3 Å². The summed E-state index contributed by atoms with van der Waals surface area (Å²) in [6, 6.07) is 7.15. The molecule has 0 bridgehead atoms. The molecule has 5 nitrogen and oxygen atoms in total. The van der Waals surface area contributed by atoms with E-state index in [1.54, 1.807) is 32.2 Å². The van der Waals surface area contributed by atoms with Crippen LogP contribution in [0.5, 0.6) is 0 Å². The number of aromatic nitrogens is 1.